The van der Waals surface area contributed by atoms with Gasteiger partial charge in [0.05, 0.1) is 55.8 Å². The lowest BCUT2D eigenvalue weighted by atomic mass is 9.99. The van der Waals surface area contributed by atoms with Crippen molar-refractivity contribution in [3.8, 4) is 28.5 Å². The highest BCUT2D eigenvalue weighted by Gasteiger charge is 2.39. The van der Waals surface area contributed by atoms with Crippen LogP contribution in [0.2, 0.25) is 0 Å². The van der Waals surface area contributed by atoms with Gasteiger partial charge < -0.3 is 18.9 Å². The highest BCUT2D eigenvalue weighted by molar-refractivity contribution is 6.29. The molecule has 0 fully saturated rings. The largest absolute Gasteiger partial charge is 0.493 e. The number of rotatable bonds is 7. The fraction of sp³-hybridized carbons (Fsp3) is 0.292. The van der Waals surface area contributed by atoms with Crippen LogP contribution >= 0.6 is 0 Å². The van der Waals surface area contributed by atoms with Gasteiger partial charge in [-0.05, 0) is 18.6 Å². The highest BCUT2D eigenvalue weighted by Crippen LogP contribution is 2.51. The van der Waals surface area contributed by atoms with E-state index in [9.17, 15) is 9.59 Å². The molecule has 0 bridgehead atoms. The van der Waals surface area contributed by atoms with Crippen molar-refractivity contribution in [2.45, 2.75) is 19.8 Å². The summed E-state index contributed by atoms with van der Waals surface area (Å²) < 4.78 is 22.1. The Morgan fingerprint density at radius 3 is 2.48 bits per heavy atom. The number of ether oxygens (including phenoxy) is 4. The first-order valence-corrected chi connectivity index (χ1v) is 10.0. The Morgan fingerprint density at radius 1 is 1.03 bits per heavy atom. The second-order valence-corrected chi connectivity index (χ2v) is 7.11. The average Bonchev–Trinajstić information content (AvgIpc) is 3.07. The van der Waals surface area contributed by atoms with Crippen LogP contribution in [-0.4, -0.2) is 44.7 Å². The summed E-state index contributed by atoms with van der Waals surface area (Å²) in [7, 11) is 4.31. The molecule has 0 unspecified atom stereocenters. The number of nitrogens with zero attached hydrogens (tertiary/aromatic N) is 1. The number of unbranched alkanes of at least 4 members (excludes halogenated alkanes) is 1. The SMILES string of the molecule is CCCCOc1c(OC)c(OC)cc2c1C(=O)c1c-2nc2ccccc2c1C(=O)OC. The first-order valence-electron chi connectivity index (χ1n) is 10.0. The zero-order valence-electron chi connectivity index (χ0n) is 17.9. The van der Waals surface area contributed by atoms with E-state index in [2.05, 4.69) is 6.92 Å². The summed E-state index contributed by atoms with van der Waals surface area (Å²) >= 11 is 0. The van der Waals surface area contributed by atoms with Crippen LogP contribution < -0.4 is 14.2 Å². The predicted octanol–water partition coefficient (Wildman–Crippen LogP) is 4.43. The average molecular weight is 421 g/mol. The topological polar surface area (TPSA) is 84.0 Å². The number of carbonyl (C=O) groups excluding carboxylic acids is 2. The molecule has 0 radical (unpaired) electrons. The van der Waals surface area contributed by atoms with Gasteiger partial charge in [0.25, 0.3) is 0 Å². The second-order valence-electron chi connectivity index (χ2n) is 7.11. The Morgan fingerprint density at radius 2 is 1.81 bits per heavy atom. The van der Waals surface area contributed by atoms with E-state index in [1.807, 2.05) is 6.07 Å². The quantitative estimate of drug-likeness (QED) is 0.322. The van der Waals surface area contributed by atoms with E-state index < -0.39 is 5.97 Å². The number of methoxy groups -OCH3 is 3. The molecule has 0 N–H and O–H groups in total. The van der Waals surface area contributed by atoms with Crippen molar-refractivity contribution in [3.05, 3.63) is 47.0 Å². The summed E-state index contributed by atoms with van der Waals surface area (Å²) in [5.74, 6) is 0.110. The maximum atomic E-state index is 13.7. The Kier molecular flexibility index (Phi) is 5.50. The minimum absolute atomic E-state index is 0.196. The molecule has 160 valence electrons. The van der Waals surface area contributed by atoms with Crippen LogP contribution in [0.3, 0.4) is 0 Å². The number of aromatic nitrogens is 1. The van der Waals surface area contributed by atoms with E-state index >= 15 is 0 Å². The molecule has 0 amide bonds. The molecule has 31 heavy (non-hydrogen) atoms. The van der Waals surface area contributed by atoms with Gasteiger partial charge in [0, 0.05) is 10.9 Å². The van der Waals surface area contributed by atoms with Crippen LogP contribution in [0, 0.1) is 0 Å². The molecule has 1 aliphatic carbocycles. The number of benzene rings is 2. The second kappa shape index (κ2) is 8.26. The molecule has 2 aromatic carbocycles. The number of esters is 1. The minimum Gasteiger partial charge on any atom is -0.493 e. The lowest BCUT2D eigenvalue weighted by Crippen LogP contribution is -2.12. The van der Waals surface area contributed by atoms with Gasteiger partial charge in [-0.3, -0.25) is 4.79 Å². The minimum atomic E-state index is -0.594. The Balaban J connectivity index is 2.06. The molecule has 3 aromatic rings. The fourth-order valence-electron chi connectivity index (χ4n) is 3.90. The van der Waals surface area contributed by atoms with Gasteiger partial charge in [0.1, 0.15) is 0 Å². The number of hydrogen-bond acceptors (Lipinski definition) is 7. The molecule has 7 nitrogen and oxygen atoms in total. The normalized spacial score (nSPS) is 11.8. The molecule has 0 atom stereocenters. The summed E-state index contributed by atoms with van der Waals surface area (Å²) in [6.45, 7) is 2.46. The van der Waals surface area contributed by atoms with Crippen LogP contribution in [0.1, 0.15) is 46.0 Å². The van der Waals surface area contributed by atoms with Gasteiger partial charge in [-0.25, -0.2) is 9.78 Å². The van der Waals surface area contributed by atoms with Crippen LogP contribution in [0.5, 0.6) is 17.2 Å². The molecule has 4 rings (SSSR count). The van der Waals surface area contributed by atoms with E-state index in [1.54, 1.807) is 24.3 Å². The smallest absolute Gasteiger partial charge is 0.339 e. The molecule has 1 aromatic heterocycles. The maximum Gasteiger partial charge on any atom is 0.339 e. The van der Waals surface area contributed by atoms with Crippen molar-refractivity contribution in [1.82, 2.24) is 4.98 Å². The zero-order chi connectivity index (χ0) is 22.1. The zero-order valence-corrected chi connectivity index (χ0v) is 17.9. The lowest BCUT2D eigenvalue weighted by molar-refractivity contribution is 0.0600. The fourth-order valence-corrected chi connectivity index (χ4v) is 3.90. The monoisotopic (exact) mass is 421 g/mol. The van der Waals surface area contributed by atoms with Crippen LogP contribution in [-0.2, 0) is 4.74 Å². The van der Waals surface area contributed by atoms with Crippen molar-refractivity contribution in [2.24, 2.45) is 0 Å². The first kappa shape index (κ1) is 20.7. The molecule has 0 aliphatic heterocycles. The third-order valence-corrected chi connectivity index (χ3v) is 5.36. The van der Waals surface area contributed by atoms with Crippen molar-refractivity contribution >= 4 is 22.7 Å². The Bertz CT molecular complexity index is 1200. The number of ketones is 1. The number of pyridine rings is 1. The van der Waals surface area contributed by atoms with Gasteiger partial charge >= 0.3 is 5.97 Å². The van der Waals surface area contributed by atoms with Crippen LogP contribution in [0.25, 0.3) is 22.2 Å². The van der Waals surface area contributed by atoms with Crippen LogP contribution in [0.4, 0.5) is 0 Å². The summed E-state index contributed by atoms with van der Waals surface area (Å²) in [4.78, 5) is 31.1. The predicted molar refractivity (Wildman–Crippen MR) is 115 cm³/mol. The third-order valence-electron chi connectivity index (χ3n) is 5.36. The Labute approximate surface area is 179 Å². The van der Waals surface area contributed by atoms with E-state index in [0.29, 0.717) is 51.6 Å². The number of fused-ring (bicyclic) bond motifs is 4. The molecule has 1 heterocycles. The van der Waals surface area contributed by atoms with Gasteiger partial charge in [-0.15, -0.1) is 0 Å². The summed E-state index contributed by atoms with van der Waals surface area (Å²) in [5, 5.41) is 0.557. The van der Waals surface area contributed by atoms with Crippen LogP contribution in [0.15, 0.2) is 30.3 Å². The highest BCUT2D eigenvalue weighted by atomic mass is 16.5. The van der Waals surface area contributed by atoms with Gasteiger partial charge in [-0.2, -0.15) is 0 Å². The molecule has 0 spiro atoms. The molecular weight excluding hydrogens is 398 g/mol. The summed E-state index contributed by atoms with van der Waals surface area (Å²) in [6, 6.07) is 8.87. The Hall–Kier alpha value is -3.61. The van der Waals surface area contributed by atoms with Gasteiger partial charge in [0.2, 0.25) is 11.5 Å². The van der Waals surface area contributed by atoms with E-state index in [4.69, 9.17) is 23.9 Å². The molecule has 0 saturated carbocycles. The van der Waals surface area contributed by atoms with Gasteiger partial charge in [-0.1, -0.05) is 31.5 Å². The van der Waals surface area contributed by atoms with E-state index in [-0.39, 0.29) is 16.9 Å². The molecule has 1 aliphatic rings. The number of hydrogen-bond donors (Lipinski definition) is 0. The van der Waals surface area contributed by atoms with Crippen molar-refractivity contribution in [3.63, 3.8) is 0 Å². The maximum absolute atomic E-state index is 13.7. The van der Waals surface area contributed by atoms with Crippen molar-refractivity contribution in [2.75, 3.05) is 27.9 Å². The third kappa shape index (κ3) is 3.17. The molecule has 7 heteroatoms. The standard InChI is InChI=1S/C24H23NO6/c1-5-6-11-31-23-18-14(12-16(28-2)22(23)29-3)20-19(21(18)26)17(24(27)30-4)13-9-7-8-10-15(13)25-20/h7-10,12H,5-6,11H2,1-4H3. The van der Waals surface area contributed by atoms with Gasteiger partial charge in [0.15, 0.2) is 11.5 Å². The lowest BCUT2D eigenvalue weighted by Gasteiger charge is -2.17. The van der Waals surface area contributed by atoms with Crippen molar-refractivity contribution < 1.29 is 28.5 Å². The number of carbonyl (C=O) groups is 2. The molecule has 0 saturated heterocycles. The summed E-state index contributed by atoms with van der Waals surface area (Å²) in [6.07, 6.45) is 1.74. The summed E-state index contributed by atoms with van der Waals surface area (Å²) in [5.41, 5.74) is 2.25. The first-order chi connectivity index (χ1) is 15.1. The van der Waals surface area contributed by atoms with E-state index in [0.717, 1.165) is 12.8 Å². The number of para-hydroxylation sites is 1. The van der Waals surface area contributed by atoms with Crippen molar-refractivity contribution in [1.29, 1.82) is 0 Å². The van der Waals surface area contributed by atoms with E-state index in [1.165, 1.54) is 21.3 Å². The molecular formula is C24H23NO6.